The van der Waals surface area contributed by atoms with Crippen LogP contribution in [-0.2, 0) is 13.0 Å². The summed E-state index contributed by atoms with van der Waals surface area (Å²) in [5, 5.41) is 41.3. The first kappa shape index (κ1) is 32.5. The molecule has 0 aliphatic heterocycles. The van der Waals surface area contributed by atoms with Crippen molar-refractivity contribution in [3.05, 3.63) is 130 Å². The molecule has 47 heavy (non-hydrogen) atoms. The predicted molar refractivity (Wildman–Crippen MR) is 191 cm³/mol. The van der Waals surface area contributed by atoms with E-state index in [0.717, 1.165) is 52.2 Å². The zero-order valence-corrected chi connectivity index (χ0v) is 27.6. The first-order valence-electron chi connectivity index (χ1n) is 15.9. The molecule has 240 valence electrons. The van der Waals surface area contributed by atoms with Gasteiger partial charge in [-0.3, -0.25) is 0 Å². The van der Waals surface area contributed by atoms with E-state index in [9.17, 15) is 10.2 Å². The van der Waals surface area contributed by atoms with E-state index >= 15 is 0 Å². The van der Waals surface area contributed by atoms with Gasteiger partial charge in [0.25, 0.3) is 0 Å². The number of nitrogens with zero attached hydrogens (tertiary/aromatic N) is 3. The Balaban J connectivity index is 1.14. The summed E-state index contributed by atoms with van der Waals surface area (Å²) < 4.78 is 3.02. The van der Waals surface area contributed by atoms with Crippen LogP contribution in [0.2, 0.25) is 0 Å². The fourth-order valence-corrected chi connectivity index (χ4v) is 6.58. The number of halogens is 1. The molecule has 4 unspecified atom stereocenters. The molecule has 8 nitrogen and oxygen atoms in total. The zero-order chi connectivity index (χ0) is 32.6. The topological polar surface area (TPSA) is 107 Å². The molecule has 5 atom stereocenters. The van der Waals surface area contributed by atoms with Crippen LogP contribution in [0.1, 0.15) is 35.6 Å². The minimum Gasteiger partial charge on any atom is -0.391 e. The summed E-state index contributed by atoms with van der Waals surface area (Å²) in [5.74, 6) is 2.65. The molecule has 5 N–H and O–H groups in total. The van der Waals surface area contributed by atoms with Crippen LogP contribution in [0.15, 0.2) is 114 Å². The number of aliphatic hydroxyl groups excluding tert-OH is 2. The molecule has 0 bridgehead atoms. The summed E-state index contributed by atoms with van der Waals surface area (Å²) in [5.41, 5.74) is 6.61. The molecule has 1 aromatic heterocycles. The molecule has 0 spiro atoms. The maximum Gasteiger partial charge on any atom is 0.113 e. The van der Waals surface area contributed by atoms with E-state index in [1.165, 1.54) is 11.1 Å². The van der Waals surface area contributed by atoms with E-state index in [2.05, 4.69) is 84.5 Å². The van der Waals surface area contributed by atoms with Crippen LogP contribution in [0, 0.1) is 12.3 Å². The Labute approximate surface area is 284 Å². The third-order valence-corrected chi connectivity index (χ3v) is 9.10. The van der Waals surface area contributed by atoms with Gasteiger partial charge in [0, 0.05) is 46.5 Å². The molecule has 0 radical (unpaired) electrons. The number of benzene rings is 4. The standard InChI is InChI=1S/C38H39BrN6O2/c1-2-26-11-7-15-31(18-26)41-34-21-35(38(47)22-37(34)46)42-32-16-8-13-29(20-32)36-25-45(44-43-36)33(19-27-9-4-3-5-10-27)24-40-23-28-12-6-14-30(39)17-28/h1,3-18,20,25,33-35,37-38,40-42,46-47H,19,21-24H2/t33-,34?,35?,37?,38?/m0/s1. The summed E-state index contributed by atoms with van der Waals surface area (Å²) in [6.45, 7) is 1.47. The lowest BCUT2D eigenvalue weighted by atomic mass is 9.85. The minimum absolute atomic E-state index is 0.0571. The van der Waals surface area contributed by atoms with Gasteiger partial charge in [-0.05, 0) is 66.4 Å². The Bertz CT molecular complexity index is 1810. The third kappa shape index (κ3) is 8.67. The zero-order valence-electron chi connectivity index (χ0n) is 26.0. The van der Waals surface area contributed by atoms with Crippen molar-refractivity contribution in [1.29, 1.82) is 0 Å². The van der Waals surface area contributed by atoms with Crippen molar-refractivity contribution in [3.63, 3.8) is 0 Å². The maximum absolute atomic E-state index is 10.9. The number of aromatic nitrogens is 3. The molecule has 5 aromatic rings. The molecule has 1 aliphatic carbocycles. The Morgan fingerprint density at radius 1 is 0.830 bits per heavy atom. The minimum atomic E-state index is -0.701. The van der Waals surface area contributed by atoms with Gasteiger partial charge in [-0.1, -0.05) is 87.7 Å². The maximum atomic E-state index is 10.9. The largest absolute Gasteiger partial charge is 0.391 e. The number of terminal acetylenes is 1. The van der Waals surface area contributed by atoms with Gasteiger partial charge in [-0.2, -0.15) is 0 Å². The molecule has 6 rings (SSSR count). The highest BCUT2D eigenvalue weighted by Gasteiger charge is 2.35. The van der Waals surface area contributed by atoms with Gasteiger partial charge in [0.15, 0.2) is 0 Å². The number of aliphatic hydroxyl groups is 2. The summed E-state index contributed by atoms with van der Waals surface area (Å²) in [6.07, 6.45) is 7.78. The molecule has 0 amide bonds. The van der Waals surface area contributed by atoms with E-state index in [0.29, 0.717) is 6.42 Å². The molecular weight excluding hydrogens is 652 g/mol. The number of hydrogen-bond donors (Lipinski definition) is 5. The summed E-state index contributed by atoms with van der Waals surface area (Å²) in [4.78, 5) is 0. The second-order valence-corrected chi connectivity index (χ2v) is 13.0. The fourth-order valence-electron chi connectivity index (χ4n) is 6.13. The van der Waals surface area contributed by atoms with Gasteiger partial charge in [-0.15, -0.1) is 11.5 Å². The van der Waals surface area contributed by atoms with Gasteiger partial charge in [0.1, 0.15) is 5.69 Å². The van der Waals surface area contributed by atoms with E-state index in [-0.39, 0.29) is 24.5 Å². The van der Waals surface area contributed by atoms with Crippen molar-refractivity contribution >= 4 is 27.3 Å². The van der Waals surface area contributed by atoms with Crippen LogP contribution < -0.4 is 16.0 Å². The van der Waals surface area contributed by atoms with Gasteiger partial charge in [0.2, 0.25) is 0 Å². The number of hydrogen-bond acceptors (Lipinski definition) is 7. The summed E-state index contributed by atoms with van der Waals surface area (Å²) in [6, 6.07) is 33.9. The number of rotatable bonds is 12. The van der Waals surface area contributed by atoms with Gasteiger partial charge < -0.3 is 26.2 Å². The highest BCUT2D eigenvalue weighted by Crippen LogP contribution is 2.28. The Hall–Kier alpha value is -4.46. The van der Waals surface area contributed by atoms with Crippen molar-refractivity contribution in [3.8, 4) is 23.6 Å². The molecule has 1 saturated carbocycles. The molecular formula is C38H39BrN6O2. The van der Waals surface area contributed by atoms with Crippen LogP contribution in [0.25, 0.3) is 11.3 Å². The van der Waals surface area contributed by atoms with Crippen LogP contribution in [0.5, 0.6) is 0 Å². The van der Waals surface area contributed by atoms with E-state index in [4.69, 9.17) is 6.42 Å². The molecule has 0 saturated heterocycles. The number of anilines is 2. The highest BCUT2D eigenvalue weighted by molar-refractivity contribution is 9.10. The smallest absolute Gasteiger partial charge is 0.113 e. The first-order valence-corrected chi connectivity index (χ1v) is 16.7. The van der Waals surface area contributed by atoms with Crippen molar-refractivity contribution < 1.29 is 10.2 Å². The van der Waals surface area contributed by atoms with Crippen molar-refractivity contribution in [2.24, 2.45) is 0 Å². The highest BCUT2D eigenvalue weighted by atomic mass is 79.9. The second-order valence-electron chi connectivity index (χ2n) is 12.1. The van der Waals surface area contributed by atoms with Crippen LogP contribution in [0.4, 0.5) is 11.4 Å². The third-order valence-electron chi connectivity index (χ3n) is 8.61. The molecule has 9 heteroatoms. The normalized spacial score (nSPS) is 19.9. The van der Waals surface area contributed by atoms with Crippen LogP contribution in [0.3, 0.4) is 0 Å². The second kappa shape index (κ2) is 15.4. The molecule has 1 aliphatic rings. The molecule has 1 fully saturated rings. The number of nitrogens with one attached hydrogen (secondary N) is 3. The Morgan fingerprint density at radius 3 is 2.28 bits per heavy atom. The van der Waals surface area contributed by atoms with Crippen molar-refractivity contribution in [2.75, 3.05) is 17.2 Å². The SMILES string of the molecule is C#Cc1cccc(NC2CC(Nc3cccc(-c4cn([C@H](CNCc5cccc(Br)c5)Cc5ccccc5)nn4)c3)C(O)CC2O)c1. The van der Waals surface area contributed by atoms with Gasteiger partial charge in [-0.25, -0.2) is 4.68 Å². The van der Waals surface area contributed by atoms with Crippen LogP contribution in [-0.4, -0.2) is 56.0 Å². The fraction of sp³-hybridized carbons (Fsp3) is 0.263. The predicted octanol–water partition coefficient (Wildman–Crippen LogP) is 6.04. The average Bonchev–Trinajstić information content (AvgIpc) is 3.58. The molecule has 1 heterocycles. The summed E-state index contributed by atoms with van der Waals surface area (Å²) >= 11 is 3.56. The Morgan fingerprint density at radius 2 is 1.53 bits per heavy atom. The lowest BCUT2D eigenvalue weighted by molar-refractivity contribution is 0.0242. The van der Waals surface area contributed by atoms with E-state index in [1.807, 2.05) is 77.6 Å². The van der Waals surface area contributed by atoms with E-state index < -0.39 is 12.2 Å². The quantitative estimate of drug-likeness (QED) is 0.102. The summed E-state index contributed by atoms with van der Waals surface area (Å²) in [7, 11) is 0. The van der Waals surface area contributed by atoms with Crippen LogP contribution >= 0.6 is 15.9 Å². The van der Waals surface area contributed by atoms with Crippen molar-refractivity contribution in [2.45, 2.75) is 56.1 Å². The monoisotopic (exact) mass is 690 g/mol. The van der Waals surface area contributed by atoms with Crippen molar-refractivity contribution in [1.82, 2.24) is 20.3 Å². The average molecular weight is 692 g/mol. The molecule has 4 aromatic carbocycles. The van der Waals surface area contributed by atoms with Gasteiger partial charge >= 0.3 is 0 Å². The Kier molecular flexibility index (Phi) is 10.7. The lowest BCUT2D eigenvalue weighted by Crippen LogP contribution is -2.51. The lowest BCUT2D eigenvalue weighted by Gasteiger charge is -2.38. The van der Waals surface area contributed by atoms with E-state index in [1.54, 1.807) is 0 Å². The first-order chi connectivity index (χ1) is 22.9. The van der Waals surface area contributed by atoms with Gasteiger partial charge in [0.05, 0.1) is 36.5 Å².